The number of amides is 1. The van der Waals surface area contributed by atoms with E-state index in [-0.39, 0.29) is 11.9 Å². The summed E-state index contributed by atoms with van der Waals surface area (Å²) in [6, 6.07) is 9.62. The molecular weight excluding hydrogens is 312 g/mol. The number of hydrogen-bond acceptors (Lipinski definition) is 3. The van der Waals surface area contributed by atoms with Gasteiger partial charge in [-0.3, -0.25) is 9.89 Å². The van der Waals surface area contributed by atoms with Crippen molar-refractivity contribution >= 4 is 17.5 Å². The molecule has 1 saturated carbocycles. The molecule has 1 unspecified atom stereocenters. The Morgan fingerprint density at radius 2 is 2.17 bits per heavy atom. The number of piperazine rings is 1. The average Bonchev–Trinajstić information content (AvgIpc) is 3.31. The van der Waals surface area contributed by atoms with Crippen LogP contribution in [-0.4, -0.2) is 40.6 Å². The van der Waals surface area contributed by atoms with E-state index in [9.17, 15) is 4.79 Å². The van der Waals surface area contributed by atoms with Crippen molar-refractivity contribution in [3.05, 3.63) is 52.3 Å². The topological polar surface area (TPSA) is 61.0 Å². The number of carbonyl (C=O) groups excluding carboxylic acids is 1. The standard InChI is InChI=1S/C17H19ClN4O/c18-13-3-1-2-12(8-13)16-10-19-6-7-22(16)17(23)15-9-14(20-21-15)11-4-5-11/h1-3,8-9,11,16,19H,4-7,10H2,(H,20,21). The molecule has 0 bridgehead atoms. The van der Waals surface area contributed by atoms with Crippen molar-refractivity contribution in [3.8, 4) is 0 Å². The summed E-state index contributed by atoms with van der Waals surface area (Å²) >= 11 is 6.11. The maximum atomic E-state index is 12.9. The number of aromatic nitrogens is 2. The Balaban J connectivity index is 1.59. The Bertz CT molecular complexity index is 725. The van der Waals surface area contributed by atoms with Crippen molar-refractivity contribution in [2.45, 2.75) is 24.8 Å². The minimum Gasteiger partial charge on any atom is -0.328 e. The molecule has 120 valence electrons. The first-order valence-corrected chi connectivity index (χ1v) is 8.42. The molecule has 6 heteroatoms. The second-order valence-corrected chi connectivity index (χ2v) is 6.69. The van der Waals surface area contributed by atoms with Crippen LogP contribution in [0.4, 0.5) is 0 Å². The number of benzene rings is 1. The minimum atomic E-state index is -0.0176. The first kappa shape index (κ1) is 14.7. The van der Waals surface area contributed by atoms with E-state index in [4.69, 9.17) is 11.6 Å². The molecular formula is C17H19ClN4O. The largest absolute Gasteiger partial charge is 0.328 e. The Morgan fingerprint density at radius 3 is 2.96 bits per heavy atom. The van der Waals surface area contributed by atoms with E-state index in [1.807, 2.05) is 35.2 Å². The Kier molecular flexibility index (Phi) is 3.83. The Labute approximate surface area is 140 Å². The maximum Gasteiger partial charge on any atom is 0.274 e. The predicted octanol–water partition coefficient (Wildman–Crippen LogP) is 2.73. The zero-order chi connectivity index (χ0) is 15.8. The van der Waals surface area contributed by atoms with E-state index in [0.29, 0.717) is 23.2 Å². The molecule has 1 aromatic heterocycles. The number of nitrogens with one attached hydrogen (secondary N) is 2. The van der Waals surface area contributed by atoms with Crippen molar-refractivity contribution in [3.63, 3.8) is 0 Å². The lowest BCUT2D eigenvalue weighted by Crippen LogP contribution is -2.48. The van der Waals surface area contributed by atoms with Gasteiger partial charge in [-0.25, -0.2) is 0 Å². The number of rotatable bonds is 3. The normalized spacial score (nSPS) is 21.4. The molecule has 2 fully saturated rings. The van der Waals surface area contributed by atoms with Gasteiger partial charge in [-0.15, -0.1) is 0 Å². The van der Waals surface area contributed by atoms with Crippen molar-refractivity contribution < 1.29 is 4.79 Å². The van der Waals surface area contributed by atoms with Gasteiger partial charge in [0.1, 0.15) is 5.69 Å². The van der Waals surface area contributed by atoms with Crippen molar-refractivity contribution in [1.82, 2.24) is 20.4 Å². The number of halogens is 1. The quantitative estimate of drug-likeness (QED) is 0.909. The minimum absolute atomic E-state index is 0.0142. The van der Waals surface area contributed by atoms with Crippen LogP contribution in [0.2, 0.25) is 5.02 Å². The molecule has 1 atom stereocenters. The average molecular weight is 331 g/mol. The highest BCUT2D eigenvalue weighted by molar-refractivity contribution is 6.30. The maximum absolute atomic E-state index is 12.9. The first-order chi connectivity index (χ1) is 11.2. The van der Waals surface area contributed by atoms with Gasteiger partial charge in [-0.1, -0.05) is 23.7 Å². The molecule has 2 heterocycles. The SMILES string of the molecule is O=C(c1cc(C2CC2)[nH]n1)N1CCNCC1c1cccc(Cl)c1. The highest BCUT2D eigenvalue weighted by Crippen LogP contribution is 2.39. The molecule has 2 aliphatic rings. The number of nitrogens with zero attached hydrogens (tertiary/aromatic N) is 2. The van der Waals surface area contributed by atoms with Crippen LogP contribution >= 0.6 is 11.6 Å². The van der Waals surface area contributed by atoms with E-state index >= 15 is 0 Å². The Hall–Kier alpha value is -1.85. The van der Waals surface area contributed by atoms with Crippen LogP contribution in [-0.2, 0) is 0 Å². The van der Waals surface area contributed by atoms with Gasteiger partial charge in [0, 0.05) is 36.3 Å². The van der Waals surface area contributed by atoms with Crippen LogP contribution in [0.1, 0.15) is 46.5 Å². The van der Waals surface area contributed by atoms with E-state index in [1.54, 1.807) is 0 Å². The van der Waals surface area contributed by atoms with Gasteiger partial charge in [-0.2, -0.15) is 5.10 Å². The number of aromatic amines is 1. The molecule has 0 radical (unpaired) electrons. The van der Waals surface area contributed by atoms with Crippen LogP contribution in [0.25, 0.3) is 0 Å². The van der Waals surface area contributed by atoms with Crippen LogP contribution in [0.5, 0.6) is 0 Å². The monoisotopic (exact) mass is 330 g/mol. The van der Waals surface area contributed by atoms with Gasteiger partial charge in [0.15, 0.2) is 0 Å². The van der Waals surface area contributed by atoms with E-state index in [2.05, 4.69) is 15.5 Å². The van der Waals surface area contributed by atoms with Crippen molar-refractivity contribution in [2.24, 2.45) is 0 Å². The fraction of sp³-hybridized carbons (Fsp3) is 0.412. The zero-order valence-electron chi connectivity index (χ0n) is 12.8. The van der Waals surface area contributed by atoms with Crippen molar-refractivity contribution in [2.75, 3.05) is 19.6 Å². The lowest BCUT2D eigenvalue weighted by atomic mass is 10.0. The third-order valence-electron chi connectivity index (χ3n) is 4.57. The second-order valence-electron chi connectivity index (χ2n) is 6.26. The molecule has 0 spiro atoms. The van der Waals surface area contributed by atoms with E-state index in [0.717, 1.165) is 24.3 Å². The third kappa shape index (κ3) is 2.99. The molecule has 4 rings (SSSR count). The molecule has 5 nitrogen and oxygen atoms in total. The molecule has 23 heavy (non-hydrogen) atoms. The van der Waals surface area contributed by atoms with Gasteiger partial charge in [0.2, 0.25) is 0 Å². The summed E-state index contributed by atoms with van der Waals surface area (Å²) in [5.41, 5.74) is 2.65. The molecule has 1 aliphatic carbocycles. The molecule has 2 N–H and O–H groups in total. The van der Waals surface area contributed by atoms with Crippen LogP contribution in [0.15, 0.2) is 30.3 Å². The summed E-state index contributed by atoms with van der Waals surface area (Å²) in [6.45, 7) is 2.19. The molecule has 1 amide bonds. The molecule has 1 saturated heterocycles. The van der Waals surface area contributed by atoms with Gasteiger partial charge in [0.05, 0.1) is 6.04 Å². The van der Waals surface area contributed by atoms with E-state index < -0.39 is 0 Å². The van der Waals surface area contributed by atoms with Gasteiger partial charge >= 0.3 is 0 Å². The van der Waals surface area contributed by atoms with Crippen LogP contribution < -0.4 is 5.32 Å². The number of carbonyl (C=O) groups is 1. The van der Waals surface area contributed by atoms with Crippen LogP contribution in [0.3, 0.4) is 0 Å². The lowest BCUT2D eigenvalue weighted by molar-refractivity contribution is 0.0628. The van der Waals surface area contributed by atoms with Gasteiger partial charge in [0.25, 0.3) is 5.91 Å². The summed E-state index contributed by atoms with van der Waals surface area (Å²) in [4.78, 5) is 14.8. The van der Waals surface area contributed by atoms with Gasteiger partial charge < -0.3 is 10.2 Å². The summed E-state index contributed by atoms with van der Waals surface area (Å²) in [7, 11) is 0. The fourth-order valence-electron chi connectivity index (χ4n) is 3.16. The second kappa shape index (κ2) is 5.98. The summed E-state index contributed by atoms with van der Waals surface area (Å²) in [5.74, 6) is 0.551. The molecule has 1 aliphatic heterocycles. The fourth-order valence-corrected chi connectivity index (χ4v) is 3.35. The van der Waals surface area contributed by atoms with Crippen LogP contribution in [0, 0.1) is 0 Å². The lowest BCUT2D eigenvalue weighted by Gasteiger charge is -2.36. The highest BCUT2D eigenvalue weighted by Gasteiger charge is 2.32. The summed E-state index contributed by atoms with van der Waals surface area (Å²) in [5, 5.41) is 11.3. The highest BCUT2D eigenvalue weighted by atomic mass is 35.5. The zero-order valence-corrected chi connectivity index (χ0v) is 13.5. The predicted molar refractivity (Wildman–Crippen MR) is 88.7 cm³/mol. The Morgan fingerprint density at radius 1 is 1.30 bits per heavy atom. The smallest absolute Gasteiger partial charge is 0.274 e. The first-order valence-electron chi connectivity index (χ1n) is 8.05. The van der Waals surface area contributed by atoms with Crippen molar-refractivity contribution in [1.29, 1.82) is 0 Å². The molecule has 2 aromatic rings. The van der Waals surface area contributed by atoms with Gasteiger partial charge in [-0.05, 0) is 36.6 Å². The number of hydrogen-bond donors (Lipinski definition) is 2. The summed E-state index contributed by atoms with van der Waals surface area (Å²) in [6.07, 6.45) is 2.38. The molecule has 1 aromatic carbocycles. The summed E-state index contributed by atoms with van der Waals surface area (Å²) < 4.78 is 0. The number of H-pyrrole nitrogens is 1. The van der Waals surface area contributed by atoms with E-state index in [1.165, 1.54) is 12.8 Å². The third-order valence-corrected chi connectivity index (χ3v) is 4.81.